The summed E-state index contributed by atoms with van der Waals surface area (Å²) < 4.78 is 21.8. The number of carbonyl (C=O) groups excluding carboxylic acids is 1. The Morgan fingerprint density at radius 2 is 1.82 bits per heavy atom. The second kappa shape index (κ2) is 5.04. The van der Waals surface area contributed by atoms with E-state index >= 15 is 0 Å². The minimum atomic E-state index is -3.35. The van der Waals surface area contributed by atoms with Crippen LogP contribution in [0, 0.1) is 0 Å². The summed E-state index contributed by atoms with van der Waals surface area (Å²) >= 11 is 0. The van der Waals surface area contributed by atoms with Crippen molar-refractivity contribution < 1.29 is 13.2 Å². The summed E-state index contributed by atoms with van der Waals surface area (Å²) in [6.45, 7) is 0.749. The van der Waals surface area contributed by atoms with Crippen molar-refractivity contribution in [3.8, 4) is 0 Å². The third kappa shape index (κ3) is 3.50. The van der Waals surface area contributed by atoms with Gasteiger partial charge < -0.3 is 0 Å². The van der Waals surface area contributed by atoms with Crippen molar-refractivity contribution in [2.24, 2.45) is 5.14 Å². The molecule has 2 bridgehead atoms. The predicted octanol–water partition coefficient (Wildman–Crippen LogP) is 0.251. The van der Waals surface area contributed by atoms with E-state index in [4.69, 9.17) is 5.14 Å². The summed E-state index contributed by atoms with van der Waals surface area (Å²) in [4.78, 5) is 13.8. The normalized spacial score (nSPS) is 30.5. The molecule has 2 saturated heterocycles. The first-order chi connectivity index (χ1) is 7.96. The van der Waals surface area contributed by atoms with Crippen LogP contribution < -0.4 is 5.14 Å². The average molecular weight is 260 g/mol. The van der Waals surface area contributed by atoms with Gasteiger partial charge in [0, 0.05) is 24.9 Å². The lowest BCUT2D eigenvalue weighted by molar-refractivity contribution is -0.127. The van der Waals surface area contributed by atoms with Gasteiger partial charge in [0.25, 0.3) is 0 Å². The molecule has 0 aromatic rings. The number of ketones is 1. The second-order valence-corrected chi connectivity index (χ2v) is 6.88. The van der Waals surface area contributed by atoms with Crippen LogP contribution in [-0.2, 0) is 14.8 Å². The summed E-state index contributed by atoms with van der Waals surface area (Å²) in [5, 5.41) is 4.99. The Kier molecular flexibility index (Phi) is 3.85. The molecule has 2 rings (SSSR count). The van der Waals surface area contributed by atoms with Crippen molar-refractivity contribution in [1.82, 2.24) is 4.90 Å². The highest BCUT2D eigenvalue weighted by molar-refractivity contribution is 7.89. The highest BCUT2D eigenvalue weighted by atomic mass is 32.2. The fourth-order valence-electron chi connectivity index (χ4n) is 3.08. The molecular formula is C11H20N2O3S. The molecule has 0 amide bonds. The first kappa shape index (κ1) is 13.0. The molecule has 17 heavy (non-hydrogen) atoms. The lowest BCUT2D eigenvalue weighted by Crippen LogP contribution is -2.52. The molecule has 2 aliphatic rings. The summed E-state index contributed by atoms with van der Waals surface area (Å²) in [5.74, 6) is 0.402. The van der Waals surface area contributed by atoms with Gasteiger partial charge in [-0.25, -0.2) is 13.6 Å². The van der Waals surface area contributed by atoms with E-state index in [-0.39, 0.29) is 5.75 Å². The lowest BCUT2D eigenvalue weighted by atomic mass is 9.84. The first-order valence-corrected chi connectivity index (χ1v) is 7.95. The Morgan fingerprint density at radius 1 is 1.24 bits per heavy atom. The number of carbonyl (C=O) groups is 1. The van der Waals surface area contributed by atoms with E-state index in [9.17, 15) is 13.2 Å². The molecule has 2 fully saturated rings. The molecule has 0 spiro atoms. The number of fused-ring (bicyclic) bond motifs is 2. The van der Waals surface area contributed by atoms with Crippen LogP contribution in [0.5, 0.6) is 0 Å². The van der Waals surface area contributed by atoms with Crippen molar-refractivity contribution in [2.45, 2.75) is 50.6 Å². The Balaban J connectivity index is 1.89. The number of piperidine rings is 2. The van der Waals surface area contributed by atoms with Crippen molar-refractivity contribution in [2.75, 3.05) is 12.3 Å². The number of Topliss-reactive ketones (excluding diaryl/α,β-unsaturated/α-hetero) is 1. The minimum Gasteiger partial charge on any atom is -0.300 e. The predicted molar refractivity (Wildman–Crippen MR) is 65.0 cm³/mol. The van der Waals surface area contributed by atoms with Crippen LogP contribution in [0.2, 0.25) is 0 Å². The molecular weight excluding hydrogens is 240 g/mol. The van der Waals surface area contributed by atoms with Crippen LogP contribution in [0.3, 0.4) is 0 Å². The molecule has 0 aromatic heterocycles. The van der Waals surface area contributed by atoms with Crippen LogP contribution in [0.4, 0.5) is 0 Å². The van der Waals surface area contributed by atoms with Crippen LogP contribution in [0.25, 0.3) is 0 Å². The molecule has 0 aliphatic carbocycles. The van der Waals surface area contributed by atoms with E-state index in [1.54, 1.807) is 0 Å². The standard InChI is InChI=1S/C11H20N2O3S/c12-17(15,16)6-2-5-13-9-3-1-4-10(13)8-11(14)7-9/h9-10H,1-8H2,(H2,12,15,16). The Morgan fingerprint density at radius 3 is 2.35 bits per heavy atom. The smallest absolute Gasteiger partial charge is 0.209 e. The van der Waals surface area contributed by atoms with E-state index in [0.717, 1.165) is 19.4 Å². The third-order valence-electron chi connectivity index (χ3n) is 3.78. The van der Waals surface area contributed by atoms with Crippen molar-refractivity contribution in [3.63, 3.8) is 0 Å². The van der Waals surface area contributed by atoms with Crippen LogP contribution in [0.1, 0.15) is 38.5 Å². The van der Waals surface area contributed by atoms with Gasteiger partial charge in [-0.15, -0.1) is 0 Å². The lowest BCUT2D eigenvalue weighted by Gasteiger charge is -2.45. The Hall–Kier alpha value is -0.460. The number of hydrogen-bond donors (Lipinski definition) is 1. The fraction of sp³-hybridized carbons (Fsp3) is 0.909. The van der Waals surface area contributed by atoms with E-state index in [0.29, 0.717) is 37.1 Å². The molecule has 2 atom stereocenters. The third-order valence-corrected chi connectivity index (χ3v) is 4.64. The Bertz CT molecular complexity index is 378. The van der Waals surface area contributed by atoms with Gasteiger partial charge >= 0.3 is 0 Å². The highest BCUT2D eigenvalue weighted by Gasteiger charge is 2.36. The highest BCUT2D eigenvalue weighted by Crippen LogP contribution is 2.32. The molecule has 0 saturated carbocycles. The minimum absolute atomic E-state index is 0.0386. The van der Waals surface area contributed by atoms with Crippen molar-refractivity contribution in [1.29, 1.82) is 0 Å². The molecule has 2 aliphatic heterocycles. The number of primary sulfonamides is 1. The maximum atomic E-state index is 11.5. The van der Waals surface area contributed by atoms with Gasteiger partial charge in [0.1, 0.15) is 5.78 Å². The maximum absolute atomic E-state index is 11.5. The monoisotopic (exact) mass is 260 g/mol. The van der Waals surface area contributed by atoms with Gasteiger partial charge in [0.2, 0.25) is 10.0 Å². The fourth-order valence-corrected chi connectivity index (χ4v) is 3.61. The zero-order valence-corrected chi connectivity index (χ0v) is 10.8. The van der Waals surface area contributed by atoms with Gasteiger partial charge in [0.15, 0.2) is 0 Å². The SMILES string of the molecule is NS(=O)(=O)CCCN1C2CCCC1CC(=O)C2. The molecule has 5 nitrogen and oxygen atoms in total. The molecule has 0 aromatic carbocycles. The maximum Gasteiger partial charge on any atom is 0.209 e. The summed E-state index contributed by atoms with van der Waals surface area (Å²) in [6, 6.07) is 0.686. The van der Waals surface area contributed by atoms with Crippen LogP contribution >= 0.6 is 0 Å². The Labute approximate surface area is 102 Å². The molecule has 2 heterocycles. The average Bonchev–Trinajstić information content (AvgIpc) is 2.17. The zero-order valence-electron chi connectivity index (χ0n) is 9.97. The van der Waals surface area contributed by atoms with E-state index < -0.39 is 10.0 Å². The van der Waals surface area contributed by atoms with Crippen molar-refractivity contribution >= 4 is 15.8 Å². The summed E-state index contributed by atoms with van der Waals surface area (Å²) in [6.07, 6.45) is 5.18. The summed E-state index contributed by atoms with van der Waals surface area (Å²) in [5.41, 5.74) is 0. The number of rotatable bonds is 4. The van der Waals surface area contributed by atoms with E-state index in [1.165, 1.54) is 6.42 Å². The van der Waals surface area contributed by atoms with Gasteiger partial charge in [-0.1, -0.05) is 6.42 Å². The van der Waals surface area contributed by atoms with E-state index in [2.05, 4.69) is 4.90 Å². The second-order valence-electron chi connectivity index (χ2n) is 5.14. The molecule has 2 N–H and O–H groups in total. The van der Waals surface area contributed by atoms with Gasteiger partial charge in [-0.3, -0.25) is 9.69 Å². The molecule has 98 valence electrons. The van der Waals surface area contributed by atoms with Crippen LogP contribution in [0.15, 0.2) is 0 Å². The van der Waals surface area contributed by atoms with Crippen molar-refractivity contribution in [3.05, 3.63) is 0 Å². The first-order valence-electron chi connectivity index (χ1n) is 6.23. The molecule has 0 radical (unpaired) electrons. The van der Waals surface area contributed by atoms with Crippen LogP contribution in [-0.4, -0.2) is 43.5 Å². The number of nitrogens with two attached hydrogens (primary N) is 1. The molecule has 6 heteroatoms. The quantitative estimate of drug-likeness (QED) is 0.785. The summed E-state index contributed by atoms with van der Waals surface area (Å²) in [7, 11) is -3.35. The van der Waals surface area contributed by atoms with Gasteiger partial charge in [-0.2, -0.15) is 0 Å². The topological polar surface area (TPSA) is 80.5 Å². The largest absolute Gasteiger partial charge is 0.300 e. The van der Waals surface area contributed by atoms with Gasteiger partial charge in [-0.05, 0) is 25.8 Å². The molecule has 2 unspecified atom stereocenters. The zero-order chi connectivity index (χ0) is 12.5. The number of sulfonamides is 1. The number of nitrogens with zero attached hydrogens (tertiary/aromatic N) is 1. The van der Waals surface area contributed by atoms with E-state index in [1.807, 2.05) is 0 Å². The number of hydrogen-bond acceptors (Lipinski definition) is 4. The van der Waals surface area contributed by atoms with Gasteiger partial charge in [0.05, 0.1) is 5.75 Å².